The maximum atomic E-state index is 13.0. The maximum absolute atomic E-state index is 13.0. The van der Waals surface area contributed by atoms with Crippen LogP contribution in [0.2, 0.25) is 0 Å². The van der Waals surface area contributed by atoms with Crippen molar-refractivity contribution in [2.24, 2.45) is 11.3 Å². The molecule has 2 fully saturated rings. The van der Waals surface area contributed by atoms with Crippen molar-refractivity contribution < 1.29 is 28.7 Å². The number of hydrogen-bond donors (Lipinski definition) is 1. The van der Waals surface area contributed by atoms with E-state index in [9.17, 15) is 19.2 Å². The van der Waals surface area contributed by atoms with Crippen LogP contribution in [0.15, 0.2) is 24.3 Å². The van der Waals surface area contributed by atoms with E-state index in [0.717, 1.165) is 17.7 Å². The lowest BCUT2D eigenvalue weighted by molar-refractivity contribution is -0.149. The molecule has 1 N–H and O–H groups in total. The van der Waals surface area contributed by atoms with Gasteiger partial charge in [-0.25, -0.2) is 9.59 Å². The summed E-state index contributed by atoms with van der Waals surface area (Å²) in [6.07, 6.45) is 2.87. The minimum atomic E-state index is -0.900. The Morgan fingerprint density at radius 3 is 2.29 bits per heavy atom. The van der Waals surface area contributed by atoms with E-state index in [0.29, 0.717) is 29.9 Å². The number of benzene rings is 1. The molecule has 0 aromatic heterocycles. The van der Waals surface area contributed by atoms with Crippen molar-refractivity contribution in [3.05, 3.63) is 35.4 Å². The number of urea groups is 1. The van der Waals surface area contributed by atoms with E-state index in [1.165, 1.54) is 7.11 Å². The molecule has 2 aliphatic rings. The molecule has 1 aromatic carbocycles. The topological polar surface area (TPSA) is 102 Å². The lowest BCUT2D eigenvalue weighted by Gasteiger charge is -2.40. The van der Waals surface area contributed by atoms with Gasteiger partial charge in [-0.1, -0.05) is 32.9 Å². The average molecular weight is 431 g/mol. The van der Waals surface area contributed by atoms with Crippen molar-refractivity contribution >= 4 is 23.9 Å². The first kappa shape index (κ1) is 22.8. The number of amides is 3. The summed E-state index contributed by atoms with van der Waals surface area (Å²) in [5.74, 6) is -0.967. The summed E-state index contributed by atoms with van der Waals surface area (Å²) in [6, 6.07) is 5.90. The van der Waals surface area contributed by atoms with Crippen molar-refractivity contribution in [3.8, 4) is 0 Å². The molecule has 1 saturated carbocycles. The maximum Gasteiger partial charge on any atom is 0.337 e. The van der Waals surface area contributed by atoms with Gasteiger partial charge in [-0.3, -0.25) is 14.5 Å². The molecule has 0 radical (unpaired) electrons. The molecule has 1 spiro atoms. The first-order valence-electron chi connectivity index (χ1n) is 10.5. The zero-order valence-electron chi connectivity index (χ0n) is 18.5. The molecule has 8 heteroatoms. The minimum Gasteiger partial charge on any atom is -0.465 e. The zero-order valence-corrected chi connectivity index (χ0v) is 18.5. The molecular weight excluding hydrogens is 400 g/mol. The summed E-state index contributed by atoms with van der Waals surface area (Å²) in [7, 11) is 1.30. The summed E-state index contributed by atoms with van der Waals surface area (Å²) < 4.78 is 9.86. The predicted molar refractivity (Wildman–Crippen MR) is 112 cm³/mol. The van der Waals surface area contributed by atoms with Gasteiger partial charge in [0.15, 0.2) is 0 Å². The van der Waals surface area contributed by atoms with Crippen LogP contribution in [0, 0.1) is 11.3 Å². The highest BCUT2D eigenvalue weighted by Gasteiger charge is 2.53. The van der Waals surface area contributed by atoms with Gasteiger partial charge in [0.2, 0.25) is 0 Å². The monoisotopic (exact) mass is 430 g/mol. The average Bonchev–Trinajstić information content (AvgIpc) is 2.95. The Kier molecular flexibility index (Phi) is 6.38. The molecule has 168 valence electrons. The molecule has 3 amide bonds. The number of ether oxygens (including phenoxy) is 2. The third-order valence-corrected chi connectivity index (χ3v) is 6.37. The third-order valence-electron chi connectivity index (χ3n) is 6.37. The van der Waals surface area contributed by atoms with Gasteiger partial charge in [0, 0.05) is 0 Å². The molecule has 0 atom stereocenters. The normalized spacial score (nSPS) is 23.6. The van der Waals surface area contributed by atoms with Crippen LogP contribution in [0.1, 0.15) is 62.4 Å². The summed E-state index contributed by atoms with van der Waals surface area (Å²) in [5.41, 5.74) is 0.327. The van der Waals surface area contributed by atoms with Crippen LogP contribution in [0.4, 0.5) is 4.79 Å². The highest BCUT2D eigenvalue weighted by Crippen LogP contribution is 2.43. The molecule has 31 heavy (non-hydrogen) atoms. The quantitative estimate of drug-likeness (QED) is 0.569. The van der Waals surface area contributed by atoms with Gasteiger partial charge in [-0.2, -0.15) is 0 Å². The van der Waals surface area contributed by atoms with Crippen molar-refractivity contribution in [2.45, 2.75) is 58.6 Å². The van der Waals surface area contributed by atoms with Gasteiger partial charge >= 0.3 is 18.0 Å². The Hall–Kier alpha value is -2.90. The number of carbonyl (C=O) groups is 4. The molecule has 0 unspecified atom stereocenters. The Morgan fingerprint density at radius 1 is 1.13 bits per heavy atom. The highest BCUT2D eigenvalue weighted by molar-refractivity contribution is 6.08. The minimum absolute atomic E-state index is 0.0255. The Labute approximate surface area is 182 Å². The van der Waals surface area contributed by atoms with E-state index in [2.05, 4.69) is 30.8 Å². The standard InChI is InChI=1S/C23H30N2O6/c1-22(2,3)17-9-11-23(12-10-17)20(28)25(21(29)24-23)13-18(26)31-14-15-5-7-16(8-6-15)19(27)30-4/h5-8,17H,9-14H2,1-4H3,(H,24,29). The smallest absolute Gasteiger partial charge is 0.337 e. The first-order chi connectivity index (χ1) is 14.6. The molecule has 1 aliphatic carbocycles. The lowest BCUT2D eigenvalue weighted by atomic mass is 9.67. The molecule has 1 aromatic rings. The van der Waals surface area contributed by atoms with E-state index < -0.39 is 30.1 Å². The van der Waals surface area contributed by atoms with E-state index >= 15 is 0 Å². The molecular formula is C23H30N2O6. The molecule has 3 rings (SSSR count). The number of nitrogens with one attached hydrogen (secondary N) is 1. The van der Waals surface area contributed by atoms with Gasteiger partial charge < -0.3 is 14.8 Å². The number of rotatable bonds is 5. The highest BCUT2D eigenvalue weighted by atomic mass is 16.5. The van der Waals surface area contributed by atoms with Gasteiger partial charge in [0.1, 0.15) is 18.7 Å². The van der Waals surface area contributed by atoms with Crippen LogP contribution in [-0.2, 0) is 25.7 Å². The predicted octanol–water partition coefficient (Wildman–Crippen LogP) is 3.04. The molecule has 1 aliphatic heterocycles. The van der Waals surface area contributed by atoms with Crippen LogP contribution in [0.3, 0.4) is 0 Å². The van der Waals surface area contributed by atoms with Gasteiger partial charge in [-0.15, -0.1) is 0 Å². The Bertz CT molecular complexity index is 863. The second-order valence-corrected chi connectivity index (χ2v) is 9.39. The largest absolute Gasteiger partial charge is 0.465 e. The number of imide groups is 1. The van der Waals surface area contributed by atoms with E-state index in [1.807, 2.05) is 0 Å². The summed E-state index contributed by atoms with van der Waals surface area (Å²) in [5, 5.41) is 2.83. The lowest BCUT2D eigenvalue weighted by Crippen LogP contribution is -2.50. The van der Waals surface area contributed by atoms with Crippen LogP contribution in [0.25, 0.3) is 0 Å². The fourth-order valence-electron chi connectivity index (χ4n) is 4.33. The summed E-state index contributed by atoms with van der Waals surface area (Å²) in [6.45, 7) is 6.12. The van der Waals surface area contributed by atoms with Crippen LogP contribution in [-0.4, -0.2) is 48.0 Å². The fourth-order valence-corrected chi connectivity index (χ4v) is 4.33. The first-order valence-corrected chi connectivity index (χ1v) is 10.5. The number of methoxy groups -OCH3 is 1. The van der Waals surface area contributed by atoms with E-state index in [1.54, 1.807) is 24.3 Å². The number of nitrogens with zero attached hydrogens (tertiary/aromatic N) is 1. The Balaban J connectivity index is 1.54. The summed E-state index contributed by atoms with van der Waals surface area (Å²) >= 11 is 0. The number of carbonyl (C=O) groups excluding carboxylic acids is 4. The molecule has 1 heterocycles. The third kappa shape index (κ3) is 4.89. The zero-order chi connectivity index (χ0) is 22.8. The SMILES string of the molecule is COC(=O)c1ccc(COC(=O)CN2C(=O)NC3(CCC(C(C)(C)C)CC3)C2=O)cc1. The van der Waals surface area contributed by atoms with Crippen LogP contribution < -0.4 is 5.32 Å². The second-order valence-electron chi connectivity index (χ2n) is 9.39. The Morgan fingerprint density at radius 2 is 1.74 bits per heavy atom. The van der Waals surface area contributed by atoms with Crippen molar-refractivity contribution in [2.75, 3.05) is 13.7 Å². The molecule has 0 bridgehead atoms. The number of esters is 2. The van der Waals surface area contributed by atoms with Crippen molar-refractivity contribution in [1.29, 1.82) is 0 Å². The van der Waals surface area contributed by atoms with Crippen molar-refractivity contribution in [1.82, 2.24) is 10.2 Å². The van der Waals surface area contributed by atoms with Gasteiger partial charge in [-0.05, 0) is 54.7 Å². The van der Waals surface area contributed by atoms with Crippen molar-refractivity contribution in [3.63, 3.8) is 0 Å². The second kappa shape index (κ2) is 8.69. The number of hydrogen-bond acceptors (Lipinski definition) is 6. The summed E-state index contributed by atoms with van der Waals surface area (Å²) in [4.78, 5) is 50.1. The van der Waals surface area contributed by atoms with E-state index in [-0.39, 0.29) is 17.9 Å². The van der Waals surface area contributed by atoms with Crippen LogP contribution in [0.5, 0.6) is 0 Å². The molecule has 1 saturated heterocycles. The van der Waals surface area contributed by atoms with Gasteiger partial charge in [0.05, 0.1) is 12.7 Å². The fraction of sp³-hybridized carbons (Fsp3) is 0.565. The van der Waals surface area contributed by atoms with E-state index in [4.69, 9.17) is 4.74 Å². The van der Waals surface area contributed by atoms with Crippen LogP contribution >= 0.6 is 0 Å². The van der Waals surface area contributed by atoms with Gasteiger partial charge in [0.25, 0.3) is 5.91 Å². The molecule has 8 nitrogen and oxygen atoms in total.